The van der Waals surface area contributed by atoms with E-state index in [-0.39, 0.29) is 24.2 Å². The number of rotatable bonds is 5. The first-order chi connectivity index (χ1) is 8.86. The predicted molar refractivity (Wildman–Crippen MR) is 72.3 cm³/mol. The fourth-order valence-electron chi connectivity index (χ4n) is 1.75. The Kier molecular flexibility index (Phi) is 4.86. The van der Waals surface area contributed by atoms with E-state index in [1.54, 1.807) is 24.0 Å². The summed E-state index contributed by atoms with van der Waals surface area (Å²) in [5.41, 5.74) is 1.28. The molecule has 1 aromatic rings. The van der Waals surface area contributed by atoms with E-state index in [9.17, 15) is 14.9 Å². The fraction of sp³-hybridized carbons (Fsp3) is 0.462. The third-order valence-corrected chi connectivity index (χ3v) is 2.87. The van der Waals surface area contributed by atoms with Crippen molar-refractivity contribution in [2.24, 2.45) is 0 Å². The number of nitro groups is 1. The molecule has 0 atom stereocenters. The van der Waals surface area contributed by atoms with Gasteiger partial charge in [-0.3, -0.25) is 14.9 Å². The number of benzene rings is 1. The summed E-state index contributed by atoms with van der Waals surface area (Å²) in [4.78, 5) is 23.7. The van der Waals surface area contributed by atoms with Gasteiger partial charge in [0, 0.05) is 23.4 Å². The van der Waals surface area contributed by atoms with Gasteiger partial charge in [-0.25, -0.2) is 0 Å². The highest BCUT2D eigenvalue weighted by Gasteiger charge is 2.19. The number of carbonyl (C=O) groups is 1. The van der Waals surface area contributed by atoms with Crippen molar-refractivity contribution in [1.29, 1.82) is 0 Å². The summed E-state index contributed by atoms with van der Waals surface area (Å²) in [5.74, 6) is -0.378. The Morgan fingerprint density at radius 2 is 2.11 bits per heavy atom. The highest BCUT2D eigenvalue weighted by molar-refractivity contribution is 5.76. The number of carbonyl (C=O) groups excluding carboxylic acids is 1. The van der Waals surface area contributed by atoms with Crippen LogP contribution in [0.4, 0.5) is 11.4 Å². The maximum absolute atomic E-state index is 11.4. The molecule has 0 aliphatic heterocycles. The molecule has 0 radical (unpaired) electrons. The molecular weight excluding hydrogens is 248 g/mol. The smallest absolute Gasteiger partial charge is 0.325 e. The van der Waals surface area contributed by atoms with E-state index < -0.39 is 4.92 Å². The van der Waals surface area contributed by atoms with Crippen LogP contribution in [-0.2, 0) is 9.53 Å². The van der Waals surface area contributed by atoms with E-state index >= 15 is 0 Å². The molecule has 0 heterocycles. The lowest BCUT2D eigenvalue weighted by Gasteiger charge is -2.27. The SMILES string of the molecule is COC(=O)CN(c1ccc(C)c([N+](=O)[O-])c1)C(C)C. The fourth-order valence-corrected chi connectivity index (χ4v) is 1.75. The maximum atomic E-state index is 11.4. The topological polar surface area (TPSA) is 72.7 Å². The number of ether oxygens (including phenoxy) is 1. The zero-order valence-corrected chi connectivity index (χ0v) is 11.5. The summed E-state index contributed by atoms with van der Waals surface area (Å²) in [5, 5.41) is 10.9. The molecular formula is C13H18N2O4. The Balaban J connectivity index is 3.13. The van der Waals surface area contributed by atoms with Gasteiger partial charge in [0.2, 0.25) is 0 Å². The Morgan fingerprint density at radius 3 is 2.58 bits per heavy atom. The van der Waals surface area contributed by atoms with Crippen LogP contribution in [0.5, 0.6) is 0 Å². The molecule has 6 heteroatoms. The Labute approximate surface area is 112 Å². The average molecular weight is 266 g/mol. The second kappa shape index (κ2) is 6.17. The van der Waals surface area contributed by atoms with E-state index in [2.05, 4.69) is 4.74 Å². The molecule has 6 nitrogen and oxygen atoms in total. The van der Waals surface area contributed by atoms with Crippen LogP contribution < -0.4 is 4.90 Å². The van der Waals surface area contributed by atoms with Crippen LogP contribution in [0.1, 0.15) is 19.4 Å². The van der Waals surface area contributed by atoms with Crippen LogP contribution in [0.25, 0.3) is 0 Å². The van der Waals surface area contributed by atoms with Gasteiger partial charge in [-0.2, -0.15) is 0 Å². The summed E-state index contributed by atoms with van der Waals surface area (Å²) >= 11 is 0. The van der Waals surface area contributed by atoms with Crippen molar-refractivity contribution in [3.63, 3.8) is 0 Å². The quantitative estimate of drug-likeness (QED) is 0.464. The third-order valence-electron chi connectivity index (χ3n) is 2.87. The molecule has 0 aromatic heterocycles. The van der Waals surface area contributed by atoms with Crippen molar-refractivity contribution in [2.45, 2.75) is 26.8 Å². The molecule has 0 fully saturated rings. The minimum Gasteiger partial charge on any atom is -0.468 e. The zero-order chi connectivity index (χ0) is 14.6. The molecule has 19 heavy (non-hydrogen) atoms. The van der Waals surface area contributed by atoms with E-state index in [1.807, 2.05) is 13.8 Å². The van der Waals surface area contributed by atoms with Crippen molar-refractivity contribution in [3.8, 4) is 0 Å². The van der Waals surface area contributed by atoms with Crippen LogP contribution in [0, 0.1) is 17.0 Å². The number of hydrogen-bond acceptors (Lipinski definition) is 5. The normalized spacial score (nSPS) is 10.4. The Hall–Kier alpha value is -2.11. The zero-order valence-electron chi connectivity index (χ0n) is 11.5. The van der Waals surface area contributed by atoms with Crippen molar-refractivity contribution in [3.05, 3.63) is 33.9 Å². The lowest BCUT2D eigenvalue weighted by molar-refractivity contribution is -0.385. The Bertz CT molecular complexity index is 486. The highest BCUT2D eigenvalue weighted by atomic mass is 16.6. The van der Waals surface area contributed by atoms with Crippen molar-refractivity contribution in [2.75, 3.05) is 18.6 Å². The summed E-state index contributed by atoms with van der Waals surface area (Å²) in [6.07, 6.45) is 0. The van der Waals surface area contributed by atoms with Crippen molar-refractivity contribution in [1.82, 2.24) is 0 Å². The standard InChI is InChI=1S/C13H18N2O4/c1-9(2)14(8-13(16)19-4)11-6-5-10(3)12(7-11)15(17)18/h5-7,9H,8H2,1-4H3. The number of nitrogens with zero attached hydrogens (tertiary/aromatic N) is 2. The largest absolute Gasteiger partial charge is 0.468 e. The van der Waals surface area contributed by atoms with E-state index in [0.717, 1.165) is 0 Å². The minimum absolute atomic E-state index is 0.0291. The summed E-state index contributed by atoms with van der Waals surface area (Å²) in [6, 6.07) is 4.96. The van der Waals surface area contributed by atoms with E-state index in [4.69, 9.17) is 0 Å². The first-order valence-corrected chi connectivity index (χ1v) is 5.95. The number of hydrogen-bond donors (Lipinski definition) is 0. The molecule has 0 aliphatic rings. The van der Waals surface area contributed by atoms with Crippen LogP contribution in [0.3, 0.4) is 0 Å². The van der Waals surface area contributed by atoms with Gasteiger partial charge in [-0.1, -0.05) is 6.07 Å². The molecule has 0 N–H and O–H groups in total. The highest BCUT2D eigenvalue weighted by Crippen LogP contribution is 2.26. The van der Waals surface area contributed by atoms with Crippen LogP contribution in [0.2, 0.25) is 0 Å². The van der Waals surface area contributed by atoms with Gasteiger partial charge in [0.25, 0.3) is 5.69 Å². The minimum atomic E-state index is -0.421. The van der Waals surface area contributed by atoms with Gasteiger partial charge in [0.15, 0.2) is 0 Å². The number of aryl methyl sites for hydroxylation is 1. The second-order valence-electron chi connectivity index (χ2n) is 4.53. The van der Waals surface area contributed by atoms with Crippen molar-refractivity contribution < 1.29 is 14.5 Å². The van der Waals surface area contributed by atoms with Crippen LogP contribution in [-0.4, -0.2) is 30.6 Å². The lowest BCUT2D eigenvalue weighted by atomic mass is 10.1. The van der Waals surface area contributed by atoms with Crippen LogP contribution >= 0.6 is 0 Å². The van der Waals surface area contributed by atoms with Gasteiger partial charge in [0.1, 0.15) is 6.54 Å². The third kappa shape index (κ3) is 3.67. The molecule has 104 valence electrons. The second-order valence-corrected chi connectivity index (χ2v) is 4.53. The number of nitro benzene ring substituents is 1. The monoisotopic (exact) mass is 266 g/mol. The molecule has 0 spiro atoms. The number of methoxy groups -OCH3 is 1. The number of esters is 1. The van der Waals surface area contributed by atoms with E-state index in [1.165, 1.54) is 13.2 Å². The maximum Gasteiger partial charge on any atom is 0.325 e. The molecule has 0 amide bonds. The van der Waals surface area contributed by atoms with Crippen LogP contribution in [0.15, 0.2) is 18.2 Å². The Morgan fingerprint density at radius 1 is 1.47 bits per heavy atom. The molecule has 1 rings (SSSR count). The predicted octanol–water partition coefficient (Wildman–Crippen LogP) is 2.29. The van der Waals surface area contributed by atoms with Gasteiger partial charge < -0.3 is 9.64 Å². The molecule has 0 saturated carbocycles. The first-order valence-electron chi connectivity index (χ1n) is 5.95. The van der Waals surface area contributed by atoms with Gasteiger partial charge in [-0.15, -0.1) is 0 Å². The molecule has 0 saturated heterocycles. The summed E-state index contributed by atoms with van der Waals surface area (Å²) in [6.45, 7) is 5.57. The molecule has 0 aliphatic carbocycles. The number of anilines is 1. The summed E-state index contributed by atoms with van der Waals surface area (Å²) < 4.78 is 4.64. The van der Waals surface area contributed by atoms with Crippen molar-refractivity contribution >= 4 is 17.3 Å². The first kappa shape index (κ1) is 14.9. The molecule has 1 aromatic carbocycles. The van der Waals surface area contributed by atoms with Gasteiger partial charge in [-0.05, 0) is 26.8 Å². The summed E-state index contributed by atoms with van der Waals surface area (Å²) in [7, 11) is 1.32. The average Bonchev–Trinajstić information content (AvgIpc) is 2.35. The van der Waals surface area contributed by atoms with E-state index in [0.29, 0.717) is 11.3 Å². The van der Waals surface area contributed by atoms with Gasteiger partial charge >= 0.3 is 5.97 Å². The molecule has 0 bridgehead atoms. The molecule has 0 unspecified atom stereocenters. The van der Waals surface area contributed by atoms with Gasteiger partial charge in [0.05, 0.1) is 12.0 Å². The lowest BCUT2D eigenvalue weighted by Crippen LogP contribution is -2.36.